The molecule has 13 heavy (non-hydrogen) atoms. The molecule has 0 saturated heterocycles. The zero-order valence-electron chi connectivity index (χ0n) is 6.68. The second-order valence-electron chi connectivity index (χ2n) is 2.54. The molecule has 0 atom stereocenters. The summed E-state index contributed by atoms with van der Waals surface area (Å²) in [5.74, 6) is 0.510. The minimum atomic E-state index is -1.75. The molecular weight excluding hydrogens is 187 g/mol. The van der Waals surface area contributed by atoms with Crippen LogP contribution in [-0.4, -0.2) is 17.4 Å². The van der Waals surface area contributed by atoms with E-state index in [9.17, 15) is 0 Å². The lowest BCUT2D eigenvalue weighted by atomic mass is 10.2. The summed E-state index contributed by atoms with van der Waals surface area (Å²) < 4.78 is 5.86. The van der Waals surface area contributed by atoms with Crippen LogP contribution in [0.2, 0.25) is 0 Å². The number of benzene rings is 1. The Morgan fingerprint density at radius 2 is 2.00 bits per heavy atom. The molecule has 2 rings (SSSR count). The number of fused-ring (bicyclic) bond motifs is 1. The van der Waals surface area contributed by atoms with Crippen LogP contribution in [-0.2, 0) is 0 Å². The molecule has 0 radical (unpaired) electrons. The molecule has 0 bridgehead atoms. The minimum absolute atomic E-state index is 0.510. The zero-order valence-corrected chi connectivity index (χ0v) is 7.49. The summed E-state index contributed by atoms with van der Waals surface area (Å²) in [5.41, 5.74) is 0. The van der Waals surface area contributed by atoms with Crippen molar-refractivity contribution >= 4 is 28.7 Å². The third-order valence-corrected chi connectivity index (χ3v) is 2.62. The summed E-state index contributed by atoms with van der Waals surface area (Å²) in [6, 6.07) is 7.64. The lowest BCUT2D eigenvalue weighted by Gasteiger charge is -2.01. The van der Waals surface area contributed by atoms with Gasteiger partial charge in [0.1, 0.15) is 5.75 Å². The van der Waals surface area contributed by atoms with Crippen molar-refractivity contribution in [1.29, 1.82) is 0 Å². The maximum atomic E-state index is 8.62. The fraction of sp³-hybridized carbons (Fsp3) is 0. The normalized spacial score (nSPS) is 10.3. The van der Waals surface area contributed by atoms with Gasteiger partial charge in [-0.15, -0.1) is 11.3 Å². The molecule has 0 amide bonds. The molecule has 5 heteroatoms. The maximum absolute atomic E-state index is 8.62. The largest absolute Gasteiger partial charge is 0.707 e. The number of hydrogen-bond acceptors (Lipinski definition) is 4. The molecule has 0 aliphatic heterocycles. The van der Waals surface area contributed by atoms with E-state index < -0.39 is 7.32 Å². The molecule has 0 spiro atoms. The van der Waals surface area contributed by atoms with E-state index in [0.29, 0.717) is 5.75 Å². The highest BCUT2D eigenvalue weighted by Gasteiger charge is 2.13. The topological polar surface area (TPSA) is 49.7 Å². The van der Waals surface area contributed by atoms with Crippen molar-refractivity contribution < 1.29 is 14.7 Å². The molecular formula is C8H7BO3S. The Morgan fingerprint density at radius 1 is 1.23 bits per heavy atom. The first-order valence-electron chi connectivity index (χ1n) is 3.76. The monoisotopic (exact) mass is 194 g/mol. The van der Waals surface area contributed by atoms with Gasteiger partial charge in [0.15, 0.2) is 0 Å². The first kappa shape index (κ1) is 8.56. The van der Waals surface area contributed by atoms with Gasteiger partial charge >= 0.3 is 7.32 Å². The van der Waals surface area contributed by atoms with Gasteiger partial charge in [-0.05, 0) is 12.1 Å². The molecule has 1 heterocycles. The quantitative estimate of drug-likeness (QED) is 0.707. The van der Waals surface area contributed by atoms with Gasteiger partial charge in [0.25, 0.3) is 0 Å². The Kier molecular flexibility index (Phi) is 2.22. The van der Waals surface area contributed by atoms with Crippen LogP contribution in [0.25, 0.3) is 10.1 Å². The van der Waals surface area contributed by atoms with Gasteiger partial charge in [-0.1, -0.05) is 12.1 Å². The summed E-state index contributed by atoms with van der Waals surface area (Å²) in [5, 5.41) is 19.9. The predicted octanol–water partition coefficient (Wildman–Crippen LogP) is 1.25. The SMILES string of the molecule is OB(O)Oc1csc2ccccc12. The number of thiophene rings is 1. The van der Waals surface area contributed by atoms with Crippen molar-refractivity contribution in [1.82, 2.24) is 0 Å². The van der Waals surface area contributed by atoms with E-state index in [1.807, 2.05) is 24.3 Å². The summed E-state index contributed by atoms with van der Waals surface area (Å²) in [6.45, 7) is 0. The molecule has 0 aliphatic rings. The summed E-state index contributed by atoms with van der Waals surface area (Å²) >= 11 is 1.51. The fourth-order valence-electron chi connectivity index (χ4n) is 1.16. The predicted molar refractivity (Wildman–Crippen MR) is 52.6 cm³/mol. The summed E-state index contributed by atoms with van der Waals surface area (Å²) in [6.07, 6.45) is 0. The van der Waals surface area contributed by atoms with Crippen LogP contribution in [0.5, 0.6) is 5.75 Å². The van der Waals surface area contributed by atoms with E-state index in [-0.39, 0.29) is 0 Å². The van der Waals surface area contributed by atoms with Crippen molar-refractivity contribution in [3.8, 4) is 5.75 Å². The highest BCUT2D eigenvalue weighted by molar-refractivity contribution is 7.17. The molecule has 2 aromatic rings. The first-order chi connectivity index (χ1) is 6.27. The highest BCUT2D eigenvalue weighted by Crippen LogP contribution is 2.31. The van der Waals surface area contributed by atoms with Crippen LogP contribution < -0.4 is 4.65 Å². The summed E-state index contributed by atoms with van der Waals surface area (Å²) in [7, 11) is -1.75. The van der Waals surface area contributed by atoms with E-state index in [2.05, 4.69) is 0 Å². The molecule has 0 aliphatic carbocycles. The van der Waals surface area contributed by atoms with Gasteiger partial charge < -0.3 is 14.7 Å². The molecule has 2 N–H and O–H groups in total. The van der Waals surface area contributed by atoms with Gasteiger partial charge in [0.2, 0.25) is 0 Å². The molecule has 1 aromatic heterocycles. The van der Waals surface area contributed by atoms with Gasteiger partial charge in [-0.3, -0.25) is 0 Å². The lowest BCUT2D eigenvalue weighted by Crippen LogP contribution is -2.20. The van der Waals surface area contributed by atoms with Crippen LogP contribution >= 0.6 is 11.3 Å². The second-order valence-corrected chi connectivity index (χ2v) is 3.45. The third-order valence-electron chi connectivity index (χ3n) is 1.68. The number of rotatable bonds is 2. The van der Waals surface area contributed by atoms with Crippen molar-refractivity contribution in [3.63, 3.8) is 0 Å². The standard InChI is InChI=1S/C8H7BO3S/c10-9(11)12-7-5-13-8-4-2-1-3-6(7)8/h1-5,10-11H. The van der Waals surface area contributed by atoms with Crippen LogP contribution in [0.1, 0.15) is 0 Å². The van der Waals surface area contributed by atoms with E-state index in [1.165, 1.54) is 11.3 Å². The average Bonchev–Trinajstić information content (AvgIpc) is 2.48. The Morgan fingerprint density at radius 3 is 2.77 bits per heavy atom. The van der Waals surface area contributed by atoms with Crippen LogP contribution in [0, 0.1) is 0 Å². The van der Waals surface area contributed by atoms with Crippen molar-refractivity contribution in [2.45, 2.75) is 0 Å². The Bertz CT molecular complexity index is 412. The van der Waals surface area contributed by atoms with Gasteiger partial charge in [0.05, 0.1) is 0 Å². The van der Waals surface area contributed by atoms with Crippen molar-refractivity contribution in [2.24, 2.45) is 0 Å². The average molecular weight is 194 g/mol. The van der Waals surface area contributed by atoms with Crippen molar-refractivity contribution in [3.05, 3.63) is 29.6 Å². The van der Waals surface area contributed by atoms with E-state index >= 15 is 0 Å². The first-order valence-corrected chi connectivity index (χ1v) is 4.64. The van der Waals surface area contributed by atoms with E-state index in [1.54, 1.807) is 5.38 Å². The van der Waals surface area contributed by atoms with E-state index in [0.717, 1.165) is 10.1 Å². The van der Waals surface area contributed by atoms with Crippen molar-refractivity contribution in [2.75, 3.05) is 0 Å². The lowest BCUT2D eigenvalue weighted by molar-refractivity contribution is 0.290. The third kappa shape index (κ3) is 1.67. The molecule has 0 fully saturated rings. The van der Waals surface area contributed by atoms with Gasteiger partial charge in [-0.2, -0.15) is 0 Å². The van der Waals surface area contributed by atoms with Crippen LogP contribution in [0.15, 0.2) is 29.6 Å². The Balaban J connectivity index is 2.46. The highest BCUT2D eigenvalue weighted by atomic mass is 32.1. The van der Waals surface area contributed by atoms with Gasteiger partial charge in [0, 0.05) is 15.5 Å². The molecule has 3 nitrogen and oxygen atoms in total. The number of hydrogen-bond donors (Lipinski definition) is 2. The smallest absolute Gasteiger partial charge is 0.511 e. The van der Waals surface area contributed by atoms with E-state index in [4.69, 9.17) is 14.7 Å². The molecule has 1 aromatic carbocycles. The molecule has 0 saturated carbocycles. The van der Waals surface area contributed by atoms with Crippen LogP contribution in [0.4, 0.5) is 0 Å². The minimum Gasteiger partial charge on any atom is -0.511 e. The zero-order chi connectivity index (χ0) is 9.26. The molecule has 66 valence electrons. The maximum Gasteiger partial charge on any atom is 0.707 e. The van der Waals surface area contributed by atoms with Gasteiger partial charge in [-0.25, -0.2) is 0 Å². The molecule has 0 unspecified atom stereocenters. The summed E-state index contributed by atoms with van der Waals surface area (Å²) in [4.78, 5) is 0. The Hall–Kier alpha value is -1.04. The second kappa shape index (κ2) is 3.37. The Labute approximate surface area is 79.4 Å². The van der Waals surface area contributed by atoms with Crippen LogP contribution in [0.3, 0.4) is 0 Å². The fourth-order valence-corrected chi connectivity index (χ4v) is 2.03.